The Kier molecular flexibility index (Phi) is 6.48. The van der Waals surface area contributed by atoms with Gasteiger partial charge < -0.3 is 0 Å². The molecule has 2 rings (SSSR count). The van der Waals surface area contributed by atoms with Crippen molar-refractivity contribution >= 4 is 12.6 Å². The molecule has 1 fully saturated rings. The van der Waals surface area contributed by atoms with Crippen LogP contribution in [0.1, 0.15) is 69.9 Å². The Bertz CT molecular complexity index is 404. The summed E-state index contributed by atoms with van der Waals surface area (Å²) in [7, 11) is 0. The van der Waals surface area contributed by atoms with E-state index in [9.17, 15) is 0 Å². The second kappa shape index (κ2) is 8.12. The van der Waals surface area contributed by atoms with Crippen molar-refractivity contribution in [3.63, 3.8) is 0 Å². The van der Waals surface area contributed by atoms with Gasteiger partial charge in [-0.25, -0.2) is 0 Å². The monoisotopic (exact) mass is 290 g/mol. The molecule has 1 saturated carbocycles. The standard InChI is InChI=1S/C19H30S/c1-3-8-17-11-7-12-18(19(17)20)14-15(2)13-16-9-5-4-6-10-16/h7,11-12,15-16,20H,3-6,8-10,13-14H2,1-2H3. The minimum Gasteiger partial charge on any atom is -0.143 e. The molecule has 0 aliphatic heterocycles. The molecule has 1 heteroatoms. The highest BCUT2D eigenvalue weighted by atomic mass is 32.1. The van der Waals surface area contributed by atoms with Crippen LogP contribution in [0.3, 0.4) is 0 Å². The van der Waals surface area contributed by atoms with E-state index in [0.29, 0.717) is 0 Å². The van der Waals surface area contributed by atoms with Gasteiger partial charge in [-0.1, -0.05) is 70.6 Å². The Morgan fingerprint density at radius 1 is 1.15 bits per heavy atom. The van der Waals surface area contributed by atoms with Gasteiger partial charge in [-0.05, 0) is 42.2 Å². The van der Waals surface area contributed by atoms with Gasteiger partial charge in [-0.3, -0.25) is 0 Å². The Hall–Kier alpha value is -0.430. The predicted molar refractivity (Wildman–Crippen MR) is 91.7 cm³/mol. The lowest BCUT2D eigenvalue weighted by Crippen LogP contribution is -2.12. The summed E-state index contributed by atoms with van der Waals surface area (Å²) in [6.07, 6.45) is 12.3. The quantitative estimate of drug-likeness (QED) is 0.603. The minimum absolute atomic E-state index is 0.792. The van der Waals surface area contributed by atoms with Gasteiger partial charge in [0.1, 0.15) is 0 Å². The van der Waals surface area contributed by atoms with E-state index in [2.05, 4.69) is 32.0 Å². The molecular weight excluding hydrogens is 260 g/mol. The molecule has 1 aliphatic carbocycles. The van der Waals surface area contributed by atoms with E-state index in [4.69, 9.17) is 12.6 Å². The lowest BCUT2D eigenvalue weighted by molar-refractivity contribution is 0.295. The molecule has 1 aliphatic rings. The van der Waals surface area contributed by atoms with Gasteiger partial charge in [-0.2, -0.15) is 0 Å². The number of hydrogen-bond donors (Lipinski definition) is 1. The largest absolute Gasteiger partial charge is 0.143 e. The number of thiol groups is 1. The third-order valence-electron chi connectivity index (χ3n) is 4.75. The number of aryl methyl sites for hydroxylation is 1. The number of hydrogen-bond acceptors (Lipinski definition) is 1. The molecule has 1 atom stereocenters. The second-order valence-corrected chi connectivity index (χ2v) is 7.17. The summed E-state index contributed by atoms with van der Waals surface area (Å²) >= 11 is 4.79. The van der Waals surface area contributed by atoms with Gasteiger partial charge in [0, 0.05) is 4.90 Å². The zero-order chi connectivity index (χ0) is 14.4. The van der Waals surface area contributed by atoms with Crippen LogP contribution >= 0.6 is 12.6 Å². The summed E-state index contributed by atoms with van der Waals surface area (Å²) < 4.78 is 0. The highest BCUT2D eigenvalue weighted by molar-refractivity contribution is 7.80. The SMILES string of the molecule is CCCc1cccc(CC(C)CC2CCCCC2)c1S. The molecule has 1 unspecified atom stereocenters. The molecule has 1 aromatic rings. The van der Waals surface area contributed by atoms with Crippen LogP contribution in [0.5, 0.6) is 0 Å². The molecule has 0 amide bonds. The molecule has 112 valence electrons. The van der Waals surface area contributed by atoms with E-state index in [1.54, 1.807) is 0 Å². The number of rotatable bonds is 6. The van der Waals surface area contributed by atoms with Crippen LogP contribution < -0.4 is 0 Å². The predicted octanol–water partition coefficient (Wildman–Crippen LogP) is 6.08. The summed E-state index contributed by atoms with van der Waals surface area (Å²) in [5.74, 6) is 1.78. The Morgan fingerprint density at radius 3 is 2.55 bits per heavy atom. The lowest BCUT2D eigenvalue weighted by Gasteiger charge is -2.25. The van der Waals surface area contributed by atoms with E-state index in [-0.39, 0.29) is 0 Å². The summed E-state index contributed by atoms with van der Waals surface area (Å²) in [5, 5.41) is 0. The molecular formula is C19H30S. The van der Waals surface area contributed by atoms with Crippen molar-refractivity contribution in [2.75, 3.05) is 0 Å². The summed E-state index contributed by atoms with van der Waals surface area (Å²) in [4.78, 5) is 1.25. The maximum absolute atomic E-state index is 4.79. The smallest absolute Gasteiger partial charge is 0.0104 e. The van der Waals surface area contributed by atoms with E-state index >= 15 is 0 Å². The van der Waals surface area contributed by atoms with Crippen LogP contribution in [0.2, 0.25) is 0 Å². The normalized spacial score (nSPS) is 18.1. The van der Waals surface area contributed by atoms with Crippen LogP contribution in [0, 0.1) is 11.8 Å². The molecule has 1 aromatic carbocycles. The van der Waals surface area contributed by atoms with E-state index in [1.807, 2.05) is 0 Å². The maximum Gasteiger partial charge on any atom is 0.0104 e. The zero-order valence-electron chi connectivity index (χ0n) is 13.2. The fourth-order valence-electron chi connectivity index (χ4n) is 3.73. The van der Waals surface area contributed by atoms with Gasteiger partial charge in [0.15, 0.2) is 0 Å². The van der Waals surface area contributed by atoms with Crippen LogP contribution in [0.15, 0.2) is 23.1 Å². The van der Waals surface area contributed by atoms with Crippen molar-refractivity contribution in [2.45, 2.75) is 76.5 Å². The van der Waals surface area contributed by atoms with Gasteiger partial charge in [0.25, 0.3) is 0 Å². The zero-order valence-corrected chi connectivity index (χ0v) is 14.1. The third-order valence-corrected chi connectivity index (χ3v) is 5.33. The first-order valence-electron chi connectivity index (χ1n) is 8.50. The van der Waals surface area contributed by atoms with Crippen molar-refractivity contribution in [2.24, 2.45) is 11.8 Å². The molecule has 0 N–H and O–H groups in total. The van der Waals surface area contributed by atoms with Gasteiger partial charge in [0.2, 0.25) is 0 Å². The Morgan fingerprint density at radius 2 is 1.85 bits per heavy atom. The van der Waals surface area contributed by atoms with Gasteiger partial charge >= 0.3 is 0 Å². The van der Waals surface area contributed by atoms with E-state index < -0.39 is 0 Å². The van der Waals surface area contributed by atoms with Crippen LogP contribution in [0.25, 0.3) is 0 Å². The van der Waals surface area contributed by atoms with Crippen molar-refractivity contribution < 1.29 is 0 Å². The topological polar surface area (TPSA) is 0 Å². The fraction of sp³-hybridized carbons (Fsp3) is 0.684. The summed E-state index contributed by atoms with van der Waals surface area (Å²) in [6, 6.07) is 6.73. The Balaban J connectivity index is 1.93. The molecule has 0 nitrogen and oxygen atoms in total. The fourth-order valence-corrected chi connectivity index (χ4v) is 4.08. The van der Waals surface area contributed by atoms with Gasteiger partial charge in [-0.15, -0.1) is 12.6 Å². The summed E-state index contributed by atoms with van der Waals surface area (Å²) in [6.45, 7) is 4.67. The molecule has 0 radical (unpaired) electrons. The first kappa shape index (κ1) is 15.9. The molecule has 0 heterocycles. The van der Waals surface area contributed by atoms with Crippen LogP contribution in [0.4, 0.5) is 0 Å². The average molecular weight is 291 g/mol. The first-order valence-corrected chi connectivity index (χ1v) is 8.95. The third kappa shape index (κ3) is 4.55. The van der Waals surface area contributed by atoms with Crippen LogP contribution in [-0.2, 0) is 12.8 Å². The van der Waals surface area contributed by atoms with Crippen molar-refractivity contribution in [3.8, 4) is 0 Å². The maximum atomic E-state index is 4.79. The van der Waals surface area contributed by atoms with Crippen molar-refractivity contribution in [1.82, 2.24) is 0 Å². The van der Waals surface area contributed by atoms with Gasteiger partial charge in [0.05, 0.1) is 0 Å². The van der Waals surface area contributed by atoms with Crippen molar-refractivity contribution in [1.29, 1.82) is 0 Å². The molecule has 0 bridgehead atoms. The van der Waals surface area contributed by atoms with Crippen molar-refractivity contribution in [3.05, 3.63) is 29.3 Å². The Labute approximate surface area is 130 Å². The summed E-state index contributed by atoms with van der Waals surface area (Å²) in [5.41, 5.74) is 2.89. The average Bonchev–Trinajstić information content (AvgIpc) is 2.44. The minimum atomic E-state index is 0.792. The molecule has 0 saturated heterocycles. The second-order valence-electron chi connectivity index (χ2n) is 6.72. The van der Waals surface area contributed by atoms with Crippen LogP contribution in [-0.4, -0.2) is 0 Å². The first-order chi connectivity index (χ1) is 9.70. The van der Waals surface area contributed by atoms with E-state index in [0.717, 1.165) is 18.3 Å². The molecule has 20 heavy (non-hydrogen) atoms. The van der Waals surface area contributed by atoms with E-state index in [1.165, 1.54) is 67.4 Å². The molecule has 0 spiro atoms. The lowest BCUT2D eigenvalue weighted by atomic mass is 9.81. The molecule has 0 aromatic heterocycles. The number of benzene rings is 1. The highest BCUT2D eigenvalue weighted by Crippen LogP contribution is 2.31. The highest BCUT2D eigenvalue weighted by Gasteiger charge is 2.17.